The molecule has 0 unspecified atom stereocenters. The number of benzene rings is 4. The molecule has 0 N–H and O–H groups in total. The summed E-state index contributed by atoms with van der Waals surface area (Å²) in [5, 5.41) is 3.31. The number of fused-ring (bicyclic) bond motifs is 2. The van der Waals surface area contributed by atoms with Crippen molar-refractivity contribution in [1.29, 1.82) is 0 Å². The Morgan fingerprint density at radius 3 is 1.20 bits per heavy atom. The lowest BCUT2D eigenvalue weighted by molar-refractivity contribution is 0.590. The van der Waals surface area contributed by atoms with Crippen LogP contribution in [0.1, 0.15) is 74.9 Å². The van der Waals surface area contributed by atoms with E-state index in [1.54, 1.807) is 10.4 Å². The molecule has 1 heteroatoms. The number of rotatable bonds is 4. The van der Waals surface area contributed by atoms with E-state index in [4.69, 9.17) is 0 Å². The maximum absolute atomic E-state index is 2.57. The van der Waals surface area contributed by atoms with Gasteiger partial charge in [-0.15, -0.1) is 0 Å². The second-order valence-electron chi connectivity index (χ2n) is 14.7. The minimum atomic E-state index is -1.83. The molecule has 0 radical (unpaired) electrons. The van der Waals surface area contributed by atoms with Gasteiger partial charge in [0.25, 0.3) is 0 Å². The van der Waals surface area contributed by atoms with Gasteiger partial charge in [0.15, 0.2) is 0 Å². The molecule has 6 rings (SSSR count). The second kappa shape index (κ2) is 9.84. The Morgan fingerprint density at radius 2 is 0.854 bits per heavy atom. The Morgan fingerprint density at radius 1 is 0.488 bits per heavy atom. The van der Waals surface area contributed by atoms with Gasteiger partial charge in [-0.1, -0.05) is 162 Å². The summed E-state index contributed by atoms with van der Waals surface area (Å²) in [6.07, 6.45) is 7.28. The van der Waals surface area contributed by atoms with Crippen LogP contribution >= 0.6 is 0 Å². The lowest BCUT2D eigenvalue weighted by Crippen LogP contribution is -2.32. The standard InChI is InChI=1S/C40H44Si/c1-39(2,3)31-19-15-27(16-20-31)35-13-9-11-29-23-33(25-37(29)35)41(7,8)34-24-30-12-10-14-36(38(30)26-34)28-17-21-32(22-18-28)40(4,5)6/h9-22,25-26H,23-24H2,1-8H3. The molecule has 0 aromatic heterocycles. The molecular formula is C40H44Si. The maximum Gasteiger partial charge on any atom is 0.103 e. The summed E-state index contributed by atoms with van der Waals surface area (Å²) < 4.78 is 0. The third kappa shape index (κ3) is 5.10. The Bertz CT molecular complexity index is 1550. The first kappa shape index (κ1) is 27.7. The van der Waals surface area contributed by atoms with Crippen LogP contribution in [0.4, 0.5) is 0 Å². The van der Waals surface area contributed by atoms with Crippen molar-refractivity contribution in [2.75, 3.05) is 0 Å². The first-order valence-corrected chi connectivity index (χ1v) is 18.2. The molecule has 0 nitrogen and oxygen atoms in total. The highest BCUT2D eigenvalue weighted by molar-refractivity contribution is 6.92. The number of allylic oxidation sites excluding steroid dienone is 2. The van der Waals surface area contributed by atoms with Crippen molar-refractivity contribution in [1.82, 2.24) is 0 Å². The average molecular weight is 553 g/mol. The molecule has 0 saturated carbocycles. The largest absolute Gasteiger partial charge is 0.103 e. The van der Waals surface area contributed by atoms with Gasteiger partial charge in [0.2, 0.25) is 0 Å². The fraction of sp³-hybridized carbons (Fsp3) is 0.300. The van der Waals surface area contributed by atoms with E-state index in [1.807, 2.05) is 0 Å². The van der Waals surface area contributed by atoms with Gasteiger partial charge in [0.05, 0.1) is 0 Å². The predicted molar refractivity (Wildman–Crippen MR) is 182 cm³/mol. The molecule has 208 valence electrons. The summed E-state index contributed by atoms with van der Waals surface area (Å²) in [6, 6.07) is 32.3. The van der Waals surface area contributed by atoms with Crippen LogP contribution in [0.15, 0.2) is 95.3 Å². The zero-order valence-corrected chi connectivity index (χ0v) is 27.2. The molecule has 0 fully saturated rings. The summed E-state index contributed by atoms with van der Waals surface area (Å²) in [5.41, 5.74) is 14.3. The average Bonchev–Trinajstić information content (AvgIpc) is 3.58. The molecule has 4 aromatic rings. The van der Waals surface area contributed by atoms with Crippen LogP contribution in [0.3, 0.4) is 0 Å². The van der Waals surface area contributed by atoms with E-state index >= 15 is 0 Å². The smallest absolute Gasteiger partial charge is 0.0714 e. The third-order valence-electron chi connectivity index (χ3n) is 9.52. The Hall–Kier alpha value is -3.42. The highest BCUT2D eigenvalue weighted by Gasteiger charge is 2.36. The topological polar surface area (TPSA) is 0 Å². The Labute approximate surface area is 248 Å². The molecule has 41 heavy (non-hydrogen) atoms. The van der Waals surface area contributed by atoms with E-state index in [9.17, 15) is 0 Å². The molecule has 0 amide bonds. The van der Waals surface area contributed by atoms with Gasteiger partial charge in [0.1, 0.15) is 8.07 Å². The van der Waals surface area contributed by atoms with Gasteiger partial charge < -0.3 is 0 Å². The van der Waals surface area contributed by atoms with E-state index in [0.29, 0.717) is 0 Å². The van der Waals surface area contributed by atoms with Gasteiger partial charge in [-0.05, 0) is 79.3 Å². The third-order valence-corrected chi connectivity index (χ3v) is 13.4. The molecule has 4 aromatic carbocycles. The summed E-state index contributed by atoms with van der Waals surface area (Å²) >= 11 is 0. The van der Waals surface area contributed by atoms with Gasteiger partial charge in [0, 0.05) is 0 Å². The van der Waals surface area contributed by atoms with Crippen LogP contribution < -0.4 is 0 Å². The van der Waals surface area contributed by atoms with E-state index in [1.165, 1.54) is 55.6 Å². The maximum atomic E-state index is 2.57. The van der Waals surface area contributed by atoms with Crippen LogP contribution in [0.25, 0.3) is 34.4 Å². The van der Waals surface area contributed by atoms with E-state index in [0.717, 1.165) is 12.8 Å². The second-order valence-corrected chi connectivity index (χ2v) is 19.3. The first-order valence-electron chi connectivity index (χ1n) is 15.2. The monoisotopic (exact) mass is 552 g/mol. The van der Waals surface area contributed by atoms with Crippen molar-refractivity contribution in [3.8, 4) is 22.3 Å². The van der Waals surface area contributed by atoms with Crippen molar-refractivity contribution in [3.63, 3.8) is 0 Å². The summed E-state index contributed by atoms with van der Waals surface area (Å²) in [6.45, 7) is 18.8. The molecule has 0 heterocycles. The van der Waals surface area contributed by atoms with Gasteiger partial charge in [-0.3, -0.25) is 0 Å². The summed E-state index contributed by atoms with van der Waals surface area (Å²) in [4.78, 5) is 0. The Kier molecular flexibility index (Phi) is 6.66. The van der Waals surface area contributed by atoms with Crippen molar-refractivity contribution >= 4 is 20.2 Å². The van der Waals surface area contributed by atoms with E-state index < -0.39 is 8.07 Å². The highest BCUT2D eigenvalue weighted by atomic mass is 28.3. The molecule has 0 spiro atoms. The molecule has 0 atom stereocenters. The van der Waals surface area contributed by atoms with Crippen molar-refractivity contribution < 1.29 is 0 Å². The summed E-state index contributed by atoms with van der Waals surface area (Å²) in [7, 11) is -1.83. The molecule has 0 saturated heterocycles. The molecule has 2 aliphatic rings. The van der Waals surface area contributed by atoms with Crippen molar-refractivity contribution in [2.24, 2.45) is 0 Å². The van der Waals surface area contributed by atoms with Crippen LogP contribution in [-0.4, -0.2) is 8.07 Å². The first-order chi connectivity index (χ1) is 19.3. The summed E-state index contributed by atoms with van der Waals surface area (Å²) in [5.74, 6) is 0. The quantitative estimate of drug-likeness (QED) is 0.221. The van der Waals surface area contributed by atoms with Crippen LogP contribution in [0.2, 0.25) is 13.1 Å². The zero-order chi connectivity index (χ0) is 29.2. The Balaban J connectivity index is 1.32. The van der Waals surface area contributed by atoms with E-state index in [-0.39, 0.29) is 10.8 Å². The molecule has 0 bridgehead atoms. The zero-order valence-electron chi connectivity index (χ0n) is 26.2. The fourth-order valence-corrected chi connectivity index (χ4v) is 9.24. The molecule has 2 aliphatic carbocycles. The van der Waals surface area contributed by atoms with Gasteiger partial charge in [-0.25, -0.2) is 0 Å². The fourth-order valence-electron chi connectivity index (χ4n) is 6.55. The van der Waals surface area contributed by atoms with Gasteiger partial charge in [-0.2, -0.15) is 0 Å². The minimum Gasteiger partial charge on any atom is -0.0714 e. The number of hydrogen-bond acceptors (Lipinski definition) is 0. The molecule has 0 aliphatic heterocycles. The lowest BCUT2D eigenvalue weighted by atomic mass is 9.86. The SMILES string of the molecule is CC(C)(C)c1ccc(-c2cccc3c2C=C([Si](C)(C)C2=Cc4c(cccc4-c4ccc(C(C)(C)C)cc4)C2)C3)cc1. The van der Waals surface area contributed by atoms with Crippen LogP contribution in [0, 0.1) is 0 Å². The van der Waals surface area contributed by atoms with Gasteiger partial charge >= 0.3 is 0 Å². The van der Waals surface area contributed by atoms with E-state index in [2.05, 4.69) is 152 Å². The van der Waals surface area contributed by atoms with Crippen LogP contribution in [-0.2, 0) is 23.7 Å². The normalized spacial score (nSPS) is 14.9. The van der Waals surface area contributed by atoms with Crippen LogP contribution in [0.5, 0.6) is 0 Å². The number of hydrogen-bond donors (Lipinski definition) is 0. The minimum absolute atomic E-state index is 0.169. The predicted octanol–water partition coefficient (Wildman–Crippen LogP) is 11.0. The highest BCUT2D eigenvalue weighted by Crippen LogP contribution is 2.44. The molecular weight excluding hydrogens is 509 g/mol. The lowest BCUT2D eigenvalue weighted by Gasteiger charge is -2.26. The van der Waals surface area contributed by atoms with Crippen molar-refractivity contribution in [3.05, 3.63) is 129 Å². The van der Waals surface area contributed by atoms with Crippen molar-refractivity contribution in [2.45, 2.75) is 78.3 Å².